The second-order valence-corrected chi connectivity index (χ2v) is 10.6. The molecule has 0 aliphatic carbocycles. The first kappa shape index (κ1) is 25.3. The molecule has 15 heteroatoms. The standard InChI is InChI=1S/C24H25F2N9O3S/c1-31-19-21(29-23(27)35-22(19)28-20(30-35)17-4-3-11-38-17)34(24(31)36)10-7-32-5-8-33(9-6-32)16-13-18(39(2)37)15(26)12-14(16)25/h3-4,11-13H,5-10H2,1-2H3,(H2,27,29)/t39-/m0/s1. The van der Waals surface area contributed by atoms with Gasteiger partial charge in [-0.3, -0.25) is 14.0 Å². The maximum absolute atomic E-state index is 14.5. The zero-order chi connectivity index (χ0) is 27.4. The lowest BCUT2D eigenvalue weighted by molar-refractivity contribution is 0.247. The van der Waals surface area contributed by atoms with Gasteiger partial charge in [0.2, 0.25) is 11.8 Å². The molecular weight excluding hydrogens is 532 g/mol. The van der Waals surface area contributed by atoms with Gasteiger partial charge in [-0.1, -0.05) is 0 Å². The molecule has 39 heavy (non-hydrogen) atoms. The largest absolute Gasteiger partial charge is 0.612 e. The molecular formula is C24H25F2N9O3S. The molecule has 2 N–H and O–H groups in total. The van der Waals surface area contributed by atoms with Crippen molar-refractivity contribution in [3.63, 3.8) is 0 Å². The fourth-order valence-corrected chi connectivity index (χ4v) is 5.55. The highest BCUT2D eigenvalue weighted by Gasteiger charge is 2.25. The number of benzene rings is 1. The molecule has 1 aliphatic rings. The minimum absolute atomic E-state index is 0.0194. The van der Waals surface area contributed by atoms with Crippen LogP contribution in [0.1, 0.15) is 0 Å². The van der Waals surface area contributed by atoms with E-state index >= 15 is 0 Å². The number of aryl methyl sites for hydroxylation is 1. The van der Waals surface area contributed by atoms with Gasteiger partial charge in [-0.2, -0.15) is 9.50 Å². The van der Waals surface area contributed by atoms with Crippen LogP contribution < -0.4 is 16.3 Å². The van der Waals surface area contributed by atoms with E-state index in [2.05, 4.69) is 20.0 Å². The van der Waals surface area contributed by atoms with Crippen molar-refractivity contribution >= 4 is 39.6 Å². The smallest absolute Gasteiger partial charge is 0.330 e. The summed E-state index contributed by atoms with van der Waals surface area (Å²) in [4.78, 5) is 26.1. The van der Waals surface area contributed by atoms with Crippen LogP contribution in [0.4, 0.5) is 20.4 Å². The number of nitrogens with two attached hydrogens (primary N) is 1. The lowest BCUT2D eigenvalue weighted by atomic mass is 10.2. The fourth-order valence-electron chi connectivity index (χ4n) is 4.94. The molecule has 0 radical (unpaired) electrons. The van der Waals surface area contributed by atoms with Crippen molar-refractivity contribution < 1.29 is 17.8 Å². The molecule has 1 aliphatic heterocycles. The predicted octanol–water partition coefficient (Wildman–Crippen LogP) is 1.46. The Kier molecular flexibility index (Phi) is 6.28. The Morgan fingerprint density at radius 2 is 1.87 bits per heavy atom. The van der Waals surface area contributed by atoms with Gasteiger partial charge in [0.1, 0.15) is 17.6 Å². The Morgan fingerprint density at radius 1 is 1.10 bits per heavy atom. The summed E-state index contributed by atoms with van der Waals surface area (Å²) in [5.74, 6) is -0.616. The van der Waals surface area contributed by atoms with E-state index in [0.717, 1.165) is 6.07 Å². The van der Waals surface area contributed by atoms with E-state index in [-0.39, 0.29) is 22.2 Å². The second-order valence-electron chi connectivity index (χ2n) is 9.30. The number of anilines is 2. The van der Waals surface area contributed by atoms with E-state index in [9.17, 15) is 18.1 Å². The third-order valence-corrected chi connectivity index (χ3v) is 7.91. The minimum Gasteiger partial charge on any atom is -0.612 e. The van der Waals surface area contributed by atoms with Crippen LogP contribution in [0.5, 0.6) is 0 Å². The van der Waals surface area contributed by atoms with Gasteiger partial charge in [-0.25, -0.2) is 18.6 Å². The highest BCUT2D eigenvalue weighted by Crippen LogP contribution is 2.27. The van der Waals surface area contributed by atoms with E-state index in [1.807, 2.05) is 4.90 Å². The molecule has 5 aromatic rings. The van der Waals surface area contributed by atoms with Crippen molar-refractivity contribution in [1.29, 1.82) is 0 Å². The van der Waals surface area contributed by atoms with Crippen molar-refractivity contribution in [3.05, 3.63) is 52.6 Å². The van der Waals surface area contributed by atoms with Crippen molar-refractivity contribution in [2.75, 3.05) is 49.6 Å². The van der Waals surface area contributed by atoms with Crippen LogP contribution in [0.25, 0.3) is 28.4 Å². The molecule has 5 heterocycles. The van der Waals surface area contributed by atoms with Gasteiger partial charge >= 0.3 is 5.69 Å². The first-order valence-electron chi connectivity index (χ1n) is 12.2. The quantitative estimate of drug-likeness (QED) is 0.308. The first-order chi connectivity index (χ1) is 18.7. The van der Waals surface area contributed by atoms with Crippen molar-refractivity contribution in [1.82, 2.24) is 33.6 Å². The summed E-state index contributed by atoms with van der Waals surface area (Å²) in [5, 5.41) is 4.38. The summed E-state index contributed by atoms with van der Waals surface area (Å²) in [5.41, 5.74) is 7.45. The molecule has 4 aromatic heterocycles. The van der Waals surface area contributed by atoms with Crippen LogP contribution in [0.15, 0.2) is 44.6 Å². The Morgan fingerprint density at radius 3 is 2.56 bits per heavy atom. The molecule has 1 atom stereocenters. The maximum Gasteiger partial charge on any atom is 0.330 e. The van der Waals surface area contributed by atoms with Crippen LogP contribution in [-0.4, -0.2) is 77.1 Å². The second kappa shape index (κ2) is 9.66. The number of fused-ring (bicyclic) bond motifs is 3. The highest BCUT2D eigenvalue weighted by molar-refractivity contribution is 7.90. The number of rotatable bonds is 6. The topological polar surface area (TPSA) is 139 Å². The number of imidazole rings is 1. The number of aromatic nitrogens is 6. The number of nitrogens with zero attached hydrogens (tertiary/aromatic N) is 8. The minimum atomic E-state index is -1.57. The molecule has 0 spiro atoms. The van der Waals surface area contributed by atoms with Gasteiger partial charge in [0.25, 0.3) is 0 Å². The van der Waals surface area contributed by atoms with E-state index in [1.54, 1.807) is 23.7 Å². The molecule has 0 unspecified atom stereocenters. The van der Waals surface area contributed by atoms with Crippen LogP contribution in [0, 0.1) is 11.6 Å². The molecule has 1 saturated heterocycles. The van der Waals surface area contributed by atoms with Gasteiger partial charge in [-0.05, 0) is 23.3 Å². The number of nitrogen functional groups attached to an aromatic ring is 1. The fraction of sp³-hybridized carbons (Fsp3) is 0.333. The van der Waals surface area contributed by atoms with Gasteiger partial charge in [0.15, 0.2) is 27.8 Å². The normalized spacial score (nSPS) is 15.6. The average Bonchev–Trinajstić information content (AvgIpc) is 3.63. The Bertz CT molecular complexity index is 1740. The summed E-state index contributed by atoms with van der Waals surface area (Å²) in [6.07, 6.45) is 2.88. The summed E-state index contributed by atoms with van der Waals surface area (Å²) in [6.45, 7) is 3.06. The summed E-state index contributed by atoms with van der Waals surface area (Å²) in [7, 11) is 1.65. The van der Waals surface area contributed by atoms with Gasteiger partial charge in [0.05, 0.1) is 12.0 Å². The van der Waals surface area contributed by atoms with Crippen LogP contribution in [0.2, 0.25) is 0 Å². The molecule has 6 rings (SSSR count). The monoisotopic (exact) mass is 557 g/mol. The zero-order valence-electron chi connectivity index (χ0n) is 21.2. The van der Waals surface area contributed by atoms with Crippen LogP contribution >= 0.6 is 0 Å². The van der Waals surface area contributed by atoms with Crippen molar-refractivity contribution in [2.24, 2.45) is 7.05 Å². The first-order valence-corrected chi connectivity index (χ1v) is 13.7. The summed E-state index contributed by atoms with van der Waals surface area (Å²) < 4.78 is 50.1. The third-order valence-electron chi connectivity index (χ3n) is 6.98. The van der Waals surface area contributed by atoms with E-state index in [1.165, 1.54) is 27.7 Å². The number of hydrogen-bond donors (Lipinski definition) is 1. The van der Waals surface area contributed by atoms with Gasteiger partial charge < -0.3 is 19.6 Å². The Balaban J connectivity index is 1.22. The van der Waals surface area contributed by atoms with E-state index < -0.39 is 22.8 Å². The van der Waals surface area contributed by atoms with Crippen molar-refractivity contribution in [2.45, 2.75) is 11.4 Å². The molecule has 0 saturated carbocycles. The maximum atomic E-state index is 14.5. The molecule has 12 nitrogen and oxygen atoms in total. The highest BCUT2D eigenvalue weighted by atomic mass is 32.2. The Hall–Kier alpha value is -3.95. The number of piperazine rings is 1. The van der Waals surface area contributed by atoms with E-state index in [0.29, 0.717) is 67.7 Å². The molecule has 1 aromatic carbocycles. The molecule has 0 amide bonds. The van der Waals surface area contributed by atoms with Crippen molar-refractivity contribution in [3.8, 4) is 11.6 Å². The third kappa shape index (κ3) is 4.31. The average molecular weight is 558 g/mol. The van der Waals surface area contributed by atoms with Gasteiger partial charge in [0, 0.05) is 58.4 Å². The number of hydrogen-bond acceptors (Lipinski definition) is 9. The van der Waals surface area contributed by atoms with Crippen LogP contribution in [-0.2, 0) is 24.8 Å². The summed E-state index contributed by atoms with van der Waals surface area (Å²) in [6, 6.07) is 5.57. The summed E-state index contributed by atoms with van der Waals surface area (Å²) >= 11 is -1.57. The SMILES string of the molecule is Cn1c(=O)n(CCN2CCN(c3cc([S@+](C)[O-])c(F)cc3F)CC2)c2nc(N)n3nc(-c4ccco4)nc3c21. The predicted molar refractivity (Wildman–Crippen MR) is 141 cm³/mol. The lowest BCUT2D eigenvalue weighted by Crippen LogP contribution is -2.48. The molecule has 204 valence electrons. The number of halogens is 2. The lowest BCUT2D eigenvalue weighted by Gasteiger charge is -2.36. The van der Waals surface area contributed by atoms with Crippen LogP contribution in [0.3, 0.4) is 0 Å². The Labute approximate surface area is 223 Å². The molecule has 1 fully saturated rings. The zero-order valence-corrected chi connectivity index (χ0v) is 22.0. The number of furan rings is 1. The molecule has 0 bridgehead atoms. The van der Waals surface area contributed by atoms with Gasteiger partial charge in [-0.15, -0.1) is 5.10 Å². The van der Waals surface area contributed by atoms with E-state index in [4.69, 9.17) is 10.2 Å².